The highest BCUT2D eigenvalue weighted by Gasteiger charge is 2.19. The van der Waals surface area contributed by atoms with E-state index in [1.54, 1.807) is 0 Å². The molecule has 1 rings (SSSR count). The first-order valence-corrected chi connectivity index (χ1v) is 7.90. The smallest absolute Gasteiger partial charge is 0.374 e. The molecule has 4 nitrogen and oxygen atoms in total. The highest BCUT2D eigenvalue weighted by atomic mass is 16.3. The molecular formula is C17H26BNO3. The van der Waals surface area contributed by atoms with Crippen LogP contribution in [0, 0.1) is 11.8 Å². The third-order valence-corrected chi connectivity index (χ3v) is 3.42. The fourth-order valence-corrected chi connectivity index (χ4v) is 2.15. The van der Waals surface area contributed by atoms with E-state index >= 15 is 0 Å². The Labute approximate surface area is 133 Å². The van der Waals surface area contributed by atoms with Crippen LogP contribution in [0.4, 0.5) is 0 Å². The Morgan fingerprint density at radius 1 is 1.23 bits per heavy atom. The zero-order valence-electron chi connectivity index (χ0n) is 13.4. The number of aliphatic hydroxyl groups is 2. The number of rotatable bonds is 8. The third-order valence-electron chi connectivity index (χ3n) is 3.42. The number of nitrogens with one attached hydrogen (secondary N) is 1. The molecule has 0 spiro atoms. The number of aliphatic hydroxyl groups excluding tert-OH is 2. The minimum atomic E-state index is -1.04. The molecule has 22 heavy (non-hydrogen) atoms. The van der Waals surface area contributed by atoms with Gasteiger partial charge in [0.05, 0.1) is 12.6 Å². The Morgan fingerprint density at radius 2 is 1.91 bits per heavy atom. The van der Waals surface area contributed by atoms with Gasteiger partial charge in [0.2, 0.25) is 0 Å². The lowest BCUT2D eigenvalue weighted by molar-refractivity contribution is 0.139. The van der Waals surface area contributed by atoms with E-state index in [4.69, 9.17) is 0 Å². The Hall–Kier alpha value is -1.32. The van der Waals surface area contributed by atoms with Crippen molar-refractivity contribution < 1.29 is 15.2 Å². The summed E-state index contributed by atoms with van der Waals surface area (Å²) in [4.78, 5) is 0. The topological polar surface area (TPSA) is 72.7 Å². The van der Waals surface area contributed by atoms with Gasteiger partial charge in [-0.2, -0.15) is 0 Å². The van der Waals surface area contributed by atoms with Crippen LogP contribution in [0.15, 0.2) is 24.3 Å². The van der Waals surface area contributed by atoms with Crippen molar-refractivity contribution in [1.82, 2.24) is 5.23 Å². The van der Waals surface area contributed by atoms with Crippen molar-refractivity contribution >= 4 is 7.05 Å². The van der Waals surface area contributed by atoms with Gasteiger partial charge in [-0.1, -0.05) is 43.7 Å². The van der Waals surface area contributed by atoms with Gasteiger partial charge >= 0.3 is 7.05 Å². The van der Waals surface area contributed by atoms with Gasteiger partial charge in [-0.25, -0.2) is 0 Å². The van der Waals surface area contributed by atoms with E-state index in [9.17, 15) is 15.2 Å². The van der Waals surface area contributed by atoms with E-state index in [1.165, 1.54) is 31.6 Å². The Morgan fingerprint density at radius 3 is 2.45 bits per heavy atom. The summed E-state index contributed by atoms with van der Waals surface area (Å²) in [6.45, 7) is 3.42. The summed E-state index contributed by atoms with van der Waals surface area (Å²) in [7, 11) is -0.809. The number of unbranched alkanes of at least 4 members (excludes halogenated alkanes) is 2. The number of benzene rings is 1. The molecule has 0 fully saturated rings. The predicted octanol–water partition coefficient (Wildman–Crippen LogP) is 1.19. The molecule has 0 aliphatic heterocycles. The second kappa shape index (κ2) is 10.4. The van der Waals surface area contributed by atoms with Crippen LogP contribution in [-0.2, 0) is 6.42 Å². The average Bonchev–Trinajstić information content (AvgIpc) is 2.51. The fraction of sp³-hybridized carbons (Fsp3) is 0.529. The second-order valence-corrected chi connectivity index (χ2v) is 5.50. The molecule has 0 aromatic heterocycles. The van der Waals surface area contributed by atoms with Crippen LogP contribution < -0.4 is 5.23 Å². The highest BCUT2D eigenvalue weighted by Crippen LogP contribution is 2.08. The van der Waals surface area contributed by atoms with Gasteiger partial charge in [0.1, 0.15) is 6.10 Å². The summed E-state index contributed by atoms with van der Waals surface area (Å²) in [6.07, 6.45) is 3.70. The normalized spacial score (nSPS) is 13.1. The van der Waals surface area contributed by atoms with E-state index < -0.39 is 19.2 Å². The van der Waals surface area contributed by atoms with Crippen LogP contribution in [-0.4, -0.2) is 41.0 Å². The van der Waals surface area contributed by atoms with Gasteiger partial charge in [-0.05, 0) is 37.4 Å². The number of hydrogen-bond donors (Lipinski definition) is 4. The molecule has 5 heteroatoms. The number of aryl methyl sites for hydroxylation is 1. The van der Waals surface area contributed by atoms with Crippen molar-refractivity contribution in [1.29, 1.82) is 0 Å². The summed E-state index contributed by atoms with van der Waals surface area (Å²) in [6, 6.07) is 7.34. The Kier molecular flexibility index (Phi) is 8.87. The molecule has 1 aromatic rings. The molecule has 0 bridgehead atoms. The summed E-state index contributed by atoms with van der Waals surface area (Å²) >= 11 is 0. The average molecular weight is 303 g/mol. The van der Waals surface area contributed by atoms with Gasteiger partial charge in [-0.15, -0.1) is 0 Å². The Balaban J connectivity index is 2.59. The third kappa shape index (κ3) is 7.10. The first-order chi connectivity index (χ1) is 10.6. The van der Waals surface area contributed by atoms with Crippen LogP contribution in [0.2, 0.25) is 6.82 Å². The molecule has 0 saturated heterocycles. The van der Waals surface area contributed by atoms with Gasteiger partial charge in [0.25, 0.3) is 0 Å². The second-order valence-electron chi connectivity index (χ2n) is 5.50. The van der Waals surface area contributed by atoms with Crippen LogP contribution in [0.1, 0.15) is 37.3 Å². The van der Waals surface area contributed by atoms with Crippen LogP contribution >= 0.6 is 0 Å². The first kappa shape index (κ1) is 18.7. The van der Waals surface area contributed by atoms with E-state index in [-0.39, 0.29) is 6.61 Å². The molecule has 1 aromatic carbocycles. The quantitative estimate of drug-likeness (QED) is 0.331. The van der Waals surface area contributed by atoms with E-state index in [1.807, 2.05) is 12.1 Å². The van der Waals surface area contributed by atoms with Gasteiger partial charge < -0.3 is 20.5 Å². The van der Waals surface area contributed by atoms with Crippen LogP contribution in [0.3, 0.4) is 0 Å². The predicted molar refractivity (Wildman–Crippen MR) is 90.4 cm³/mol. The molecule has 0 heterocycles. The van der Waals surface area contributed by atoms with Crippen molar-refractivity contribution in [3.05, 3.63) is 35.4 Å². The van der Waals surface area contributed by atoms with Gasteiger partial charge in [0, 0.05) is 5.56 Å². The van der Waals surface area contributed by atoms with Gasteiger partial charge in [0.15, 0.2) is 0 Å². The summed E-state index contributed by atoms with van der Waals surface area (Å²) in [5, 5.41) is 31.0. The molecule has 0 radical (unpaired) electrons. The van der Waals surface area contributed by atoms with Crippen molar-refractivity contribution in [2.45, 2.75) is 51.6 Å². The highest BCUT2D eigenvalue weighted by molar-refractivity contribution is 6.45. The minimum absolute atomic E-state index is 0.295. The maximum Gasteiger partial charge on any atom is 0.374 e. The lowest BCUT2D eigenvalue weighted by Crippen LogP contribution is -2.48. The SMILES string of the molecule is CCCCCc1ccc(C#C[C@H](O)C(CO)NB(C)O)cc1. The lowest BCUT2D eigenvalue weighted by Gasteiger charge is -2.18. The van der Waals surface area contributed by atoms with Crippen molar-refractivity contribution in [3.63, 3.8) is 0 Å². The lowest BCUT2D eigenvalue weighted by atomic mass is 9.86. The maximum atomic E-state index is 9.91. The summed E-state index contributed by atoms with van der Waals surface area (Å²) in [5.74, 6) is 5.59. The van der Waals surface area contributed by atoms with Crippen molar-refractivity contribution in [3.8, 4) is 11.8 Å². The largest absolute Gasteiger partial charge is 0.437 e. The monoisotopic (exact) mass is 303 g/mol. The van der Waals surface area contributed by atoms with Crippen molar-refractivity contribution in [2.24, 2.45) is 0 Å². The van der Waals surface area contributed by atoms with Crippen molar-refractivity contribution in [2.75, 3.05) is 6.61 Å². The Bertz CT molecular complexity index is 479. The van der Waals surface area contributed by atoms with E-state index in [0.717, 1.165) is 12.0 Å². The first-order valence-electron chi connectivity index (χ1n) is 7.90. The number of hydrogen-bond acceptors (Lipinski definition) is 4. The standard InChI is InChI=1S/C17H26BNO3/c1-3-4-5-6-14-7-9-15(10-8-14)11-12-17(21)16(13-20)19-18(2)22/h7-10,16-17,19-22H,3-6,13H2,1-2H3/t16?,17-/m0/s1. The van der Waals surface area contributed by atoms with Crippen LogP contribution in [0.25, 0.3) is 0 Å². The molecule has 4 N–H and O–H groups in total. The van der Waals surface area contributed by atoms with E-state index in [2.05, 4.69) is 36.1 Å². The molecular weight excluding hydrogens is 277 g/mol. The molecule has 2 atom stereocenters. The fourth-order valence-electron chi connectivity index (χ4n) is 2.15. The molecule has 0 aliphatic carbocycles. The zero-order chi connectivity index (χ0) is 16.4. The summed E-state index contributed by atoms with van der Waals surface area (Å²) < 4.78 is 0. The minimum Gasteiger partial charge on any atom is -0.437 e. The molecule has 0 saturated carbocycles. The summed E-state index contributed by atoms with van der Waals surface area (Å²) in [5.41, 5.74) is 2.12. The maximum absolute atomic E-state index is 9.91. The molecule has 1 unspecified atom stereocenters. The van der Waals surface area contributed by atoms with Gasteiger partial charge in [-0.3, -0.25) is 0 Å². The molecule has 120 valence electrons. The molecule has 0 aliphatic rings. The van der Waals surface area contributed by atoms with Crippen LogP contribution in [0.5, 0.6) is 0 Å². The molecule has 0 amide bonds. The van der Waals surface area contributed by atoms with E-state index in [0.29, 0.717) is 0 Å². The zero-order valence-corrected chi connectivity index (χ0v) is 13.4.